The Morgan fingerprint density at radius 1 is 0.940 bits per heavy atom. The van der Waals surface area contributed by atoms with Crippen molar-refractivity contribution in [3.8, 4) is 28.7 Å². The molecule has 6 aromatic rings. The third kappa shape index (κ3) is 5.50. The Kier molecular flexibility index (Phi) is 7.61. The van der Waals surface area contributed by atoms with Gasteiger partial charge in [-0.1, -0.05) is 24.3 Å². The van der Waals surface area contributed by atoms with Crippen LogP contribution in [0.2, 0.25) is 0 Å². The van der Waals surface area contributed by atoms with Crippen LogP contribution in [-0.4, -0.2) is 61.6 Å². The van der Waals surface area contributed by atoms with Crippen LogP contribution in [0.4, 0.5) is 11.5 Å². The first-order chi connectivity index (χ1) is 24.4. The van der Waals surface area contributed by atoms with Crippen LogP contribution < -0.4 is 5.32 Å². The number of benzene rings is 3. The molecule has 3 aromatic carbocycles. The van der Waals surface area contributed by atoms with E-state index in [0.717, 1.165) is 99.6 Å². The van der Waals surface area contributed by atoms with Crippen LogP contribution in [0.25, 0.3) is 44.6 Å². The van der Waals surface area contributed by atoms with E-state index in [-0.39, 0.29) is 6.10 Å². The average Bonchev–Trinajstić information content (AvgIpc) is 3.90. The van der Waals surface area contributed by atoms with Crippen LogP contribution >= 0.6 is 0 Å². The molecule has 3 aliphatic heterocycles. The smallest absolute Gasteiger partial charge is 0.227 e. The molecule has 3 aromatic heterocycles. The van der Waals surface area contributed by atoms with Crippen molar-refractivity contribution in [2.24, 2.45) is 5.92 Å². The molecule has 1 saturated carbocycles. The summed E-state index contributed by atoms with van der Waals surface area (Å²) < 4.78 is 6.34. The summed E-state index contributed by atoms with van der Waals surface area (Å²) in [7, 11) is 0. The lowest BCUT2D eigenvalue weighted by atomic mass is 9.86. The number of nitrogens with zero attached hydrogens (tertiary/aromatic N) is 6. The summed E-state index contributed by atoms with van der Waals surface area (Å²) in [5, 5.41) is 24.6. The molecular weight excluding hydrogens is 622 g/mol. The van der Waals surface area contributed by atoms with Gasteiger partial charge in [-0.2, -0.15) is 5.26 Å². The summed E-state index contributed by atoms with van der Waals surface area (Å²) in [5.41, 5.74) is 11.0. The van der Waals surface area contributed by atoms with Crippen LogP contribution in [0, 0.1) is 31.1 Å². The Morgan fingerprint density at radius 3 is 2.54 bits per heavy atom. The van der Waals surface area contributed by atoms with Crippen LogP contribution in [0.5, 0.6) is 0 Å². The first-order valence-corrected chi connectivity index (χ1v) is 17.6. The molecule has 0 radical (unpaired) electrons. The Bertz CT molecular complexity index is 2320. The van der Waals surface area contributed by atoms with Crippen molar-refractivity contribution in [1.29, 1.82) is 5.26 Å². The number of aliphatic hydroxyl groups is 1. The molecule has 2 N–H and O–H groups in total. The van der Waals surface area contributed by atoms with Gasteiger partial charge >= 0.3 is 0 Å². The number of fused-ring (bicyclic) bond motifs is 3. The van der Waals surface area contributed by atoms with Gasteiger partial charge in [0, 0.05) is 67.8 Å². The highest BCUT2D eigenvalue weighted by Crippen LogP contribution is 2.42. The number of likely N-dealkylation sites (tertiary alicyclic amines) is 1. The van der Waals surface area contributed by atoms with E-state index in [1.54, 1.807) is 0 Å². The number of hydrogen-bond donors (Lipinski definition) is 2. The highest BCUT2D eigenvalue weighted by molar-refractivity contribution is 5.91. The Labute approximate surface area is 291 Å². The largest absolute Gasteiger partial charge is 0.435 e. The second-order valence-electron chi connectivity index (χ2n) is 14.4. The predicted molar refractivity (Wildman–Crippen MR) is 195 cm³/mol. The number of hydrogen-bond acceptors (Lipinski definition) is 9. The SMILES string of the molecule is Cc1c(Nc2nccc3cc(CN4CC[C@@H](O)C4)cnc23)cccc1-c1cccc(-c2nc3cc(CN4CC5CC4C5)cc(C#N)c3o2)c1C. The normalized spacial score (nSPS) is 20.4. The molecule has 1 atom stereocenters. The molecule has 9 heteroatoms. The number of rotatable bonds is 8. The van der Waals surface area contributed by atoms with Gasteiger partial charge < -0.3 is 14.8 Å². The predicted octanol–water partition coefficient (Wildman–Crippen LogP) is 7.50. The maximum atomic E-state index is 10.0. The summed E-state index contributed by atoms with van der Waals surface area (Å²) >= 11 is 0. The third-order valence-electron chi connectivity index (χ3n) is 11.0. The van der Waals surface area contributed by atoms with Gasteiger partial charge in [0.25, 0.3) is 0 Å². The minimum absolute atomic E-state index is 0.239. The Morgan fingerprint density at radius 2 is 1.76 bits per heavy atom. The lowest BCUT2D eigenvalue weighted by Crippen LogP contribution is -2.28. The molecule has 1 aliphatic carbocycles. The highest BCUT2D eigenvalue weighted by atomic mass is 16.3. The van der Waals surface area contributed by atoms with Gasteiger partial charge in [0.1, 0.15) is 17.1 Å². The molecule has 2 bridgehead atoms. The van der Waals surface area contributed by atoms with E-state index in [2.05, 4.69) is 76.4 Å². The summed E-state index contributed by atoms with van der Waals surface area (Å²) in [6.07, 6.45) is 6.93. The Balaban J connectivity index is 1.00. The van der Waals surface area contributed by atoms with Crippen molar-refractivity contribution in [2.75, 3.05) is 25.0 Å². The monoisotopic (exact) mass is 661 g/mol. The van der Waals surface area contributed by atoms with E-state index in [0.29, 0.717) is 35.4 Å². The van der Waals surface area contributed by atoms with E-state index in [4.69, 9.17) is 14.4 Å². The van der Waals surface area contributed by atoms with Crippen LogP contribution in [0.15, 0.2) is 77.5 Å². The highest BCUT2D eigenvalue weighted by Gasteiger charge is 2.42. The first-order valence-electron chi connectivity index (χ1n) is 17.6. The minimum atomic E-state index is -0.239. The number of nitrogens with one attached hydrogen (secondary N) is 1. The van der Waals surface area contributed by atoms with Crippen molar-refractivity contribution in [1.82, 2.24) is 24.8 Å². The van der Waals surface area contributed by atoms with Gasteiger partial charge in [-0.25, -0.2) is 9.97 Å². The van der Waals surface area contributed by atoms with Crippen molar-refractivity contribution < 1.29 is 9.52 Å². The maximum absolute atomic E-state index is 10.0. The van der Waals surface area contributed by atoms with Gasteiger partial charge in [0.2, 0.25) is 5.89 Å². The number of aliphatic hydroxyl groups excluding tert-OH is 1. The molecule has 3 saturated heterocycles. The summed E-state index contributed by atoms with van der Waals surface area (Å²) in [4.78, 5) is 19.2. The number of aromatic nitrogens is 3. The summed E-state index contributed by atoms with van der Waals surface area (Å²) in [5.74, 6) is 2.07. The molecule has 0 spiro atoms. The average molecular weight is 662 g/mol. The van der Waals surface area contributed by atoms with E-state index in [9.17, 15) is 10.4 Å². The molecule has 9 nitrogen and oxygen atoms in total. The van der Waals surface area contributed by atoms with Crippen molar-refractivity contribution in [3.05, 3.63) is 101 Å². The van der Waals surface area contributed by atoms with Gasteiger partial charge in [0.05, 0.1) is 11.7 Å². The van der Waals surface area contributed by atoms with Crippen LogP contribution in [-0.2, 0) is 13.1 Å². The van der Waals surface area contributed by atoms with E-state index in [1.807, 2.05) is 36.7 Å². The molecular formula is C41H39N7O2. The molecule has 50 heavy (non-hydrogen) atoms. The molecule has 4 fully saturated rings. The Hall–Kier alpha value is -5.14. The zero-order chi connectivity index (χ0) is 33.9. The zero-order valence-corrected chi connectivity index (χ0v) is 28.4. The van der Waals surface area contributed by atoms with E-state index >= 15 is 0 Å². The molecule has 6 heterocycles. The molecule has 10 rings (SSSR count). The lowest BCUT2D eigenvalue weighted by molar-refractivity contribution is 0.175. The van der Waals surface area contributed by atoms with Crippen molar-refractivity contribution in [2.45, 2.75) is 58.3 Å². The molecule has 0 unspecified atom stereocenters. The number of oxazole rings is 1. The third-order valence-corrected chi connectivity index (χ3v) is 11.0. The number of nitriles is 1. The zero-order valence-electron chi connectivity index (χ0n) is 28.4. The second kappa shape index (κ2) is 12.3. The number of β-amino-alcohol motifs (C(OH)–C–C–N with tert-alkyl or cyclic N) is 1. The maximum Gasteiger partial charge on any atom is 0.227 e. The van der Waals surface area contributed by atoms with Gasteiger partial charge in [0.15, 0.2) is 11.4 Å². The first kappa shape index (κ1) is 30.9. The second-order valence-corrected chi connectivity index (χ2v) is 14.4. The fourth-order valence-corrected chi connectivity index (χ4v) is 8.28. The van der Waals surface area contributed by atoms with Gasteiger partial charge in [-0.3, -0.25) is 14.8 Å². The van der Waals surface area contributed by atoms with Crippen molar-refractivity contribution in [3.63, 3.8) is 0 Å². The van der Waals surface area contributed by atoms with Crippen molar-refractivity contribution >= 4 is 33.5 Å². The fraction of sp³-hybridized carbons (Fsp3) is 0.317. The number of anilines is 2. The van der Waals surface area contributed by atoms with Crippen LogP contribution in [0.3, 0.4) is 0 Å². The molecule has 0 amide bonds. The van der Waals surface area contributed by atoms with Gasteiger partial charge in [-0.05, 0) is 109 Å². The summed E-state index contributed by atoms with van der Waals surface area (Å²) in [6, 6.07) is 23.7. The van der Waals surface area contributed by atoms with Gasteiger partial charge in [-0.15, -0.1) is 0 Å². The minimum Gasteiger partial charge on any atom is -0.435 e. The lowest BCUT2D eigenvalue weighted by Gasteiger charge is -2.25. The topological polar surface area (TPSA) is 114 Å². The van der Waals surface area contributed by atoms with Crippen LogP contribution in [0.1, 0.15) is 47.1 Å². The van der Waals surface area contributed by atoms with E-state index in [1.165, 1.54) is 12.8 Å². The molecule has 250 valence electrons. The van der Waals surface area contributed by atoms with E-state index < -0.39 is 0 Å². The standard InChI is InChI=1S/C41H39N7O2/c1-24-33(5-3-7-35(24)41-46-37-17-26(13-30(18-42)39(37)50-41)21-48-22-27-15-31(48)16-27)34-6-4-8-36(25(34)2)45-40-38-29(9-11-43-40)14-28(19-44-38)20-47-12-10-32(49)23-47/h3-9,11,13-14,17,19,27,31-32,49H,10,12,15-16,20-23H2,1-2H3,(H,43,45)/t27?,31?,32-/m1/s1. The quantitative estimate of drug-likeness (QED) is 0.171. The number of pyridine rings is 2. The summed E-state index contributed by atoms with van der Waals surface area (Å²) in [6.45, 7) is 8.60. The fourth-order valence-electron chi connectivity index (χ4n) is 8.28. The molecule has 4 aliphatic rings.